The molecule has 0 unspecified atom stereocenters. The van der Waals surface area contributed by atoms with Gasteiger partial charge in [0.15, 0.2) is 11.3 Å². The molecule has 0 atom stereocenters. The molecule has 4 aromatic rings. The average molecular weight is 326 g/mol. The number of furan rings is 1. The van der Waals surface area contributed by atoms with E-state index in [1.54, 1.807) is 36.7 Å². The number of hydrogen-bond donors (Lipinski definition) is 0. The monoisotopic (exact) mass is 325 g/mol. The second-order valence-corrected chi connectivity index (χ2v) is 5.21. The lowest BCUT2D eigenvalue weighted by molar-refractivity contribution is 0.626. The second-order valence-electron chi connectivity index (χ2n) is 4.87. The van der Waals surface area contributed by atoms with Gasteiger partial charge in [-0.25, -0.2) is 14.4 Å². The minimum atomic E-state index is -0.304. The zero-order chi connectivity index (χ0) is 15.8. The third-order valence-corrected chi connectivity index (χ3v) is 3.62. The summed E-state index contributed by atoms with van der Waals surface area (Å²) in [6, 6.07) is 11.5. The lowest BCUT2D eigenvalue weighted by atomic mass is 10.0. The fourth-order valence-corrected chi connectivity index (χ4v) is 2.60. The quantitative estimate of drug-likeness (QED) is 0.499. The highest BCUT2D eigenvalue weighted by atomic mass is 35.5. The Morgan fingerprint density at radius 3 is 2.57 bits per heavy atom. The number of rotatable bonds is 2. The van der Waals surface area contributed by atoms with Gasteiger partial charge >= 0.3 is 0 Å². The maximum absolute atomic E-state index is 13.2. The van der Waals surface area contributed by atoms with Crippen molar-refractivity contribution in [1.29, 1.82) is 0 Å². The van der Waals surface area contributed by atoms with Crippen molar-refractivity contribution in [3.05, 3.63) is 66.0 Å². The van der Waals surface area contributed by atoms with Crippen molar-refractivity contribution in [2.45, 2.75) is 0 Å². The van der Waals surface area contributed by atoms with Gasteiger partial charge in [0.25, 0.3) is 0 Å². The number of fused-ring (bicyclic) bond motifs is 1. The predicted octanol–water partition coefficient (Wildman–Crippen LogP) is 4.74. The summed E-state index contributed by atoms with van der Waals surface area (Å²) < 4.78 is 19.2. The van der Waals surface area contributed by atoms with Crippen LogP contribution in [0.5, 0.6) is 0 Å². The van der Waals surface area contributed by atoms with Crippen molar-refractivity contribution in [3.63, 3.8) is 0 Å². The van der Waals surface area contributed by atoms with Gasteiger partial charge in [0, 0.05) is 12.4 Å². The first-order valence-electron chi connectivity index (χ1n) is 6.85. The van der Waals surface area contributed by atoms with Gasteiger partial charge in [-0.2, -0.15) is 0 Å². The Labute approximate surface area is 135 Å². The van der Waals surface area contributed by atoms with Crippen LogP contribution in [0.3, 0.4) is 0 Å². The molecule has 23 heavy (non-hydrogen) atoms. The van der Waals surface area contributed by atoms with Crippen LogP contribution < -0.4 is 0 Å². The summed E-state index contributed by atoms with van der Waals surface area (Å²) in [5, 5.41) is 0.126. The molecule has 3 aromatic heterocycles. The minimum absolute atomic E-state index is 0.126. The van der Waals surface area contributed by atoms with E-state index in [0.717, 1.165) is 11.1 Å². The highest BCUT2D eigenvalue weighted by molar-refractivity contribution is 6.28. The van der Waals surface area contributed by atoms with Crippen LogP contribution in [0.4, 0.5) is 4.39 Å². The van der Waals surface area contributed by atoms with E-state index < -0.39 is 0 Å². The number of pyridine rings is 1. The van der Waals surface area contributed by atoms with Gasteiger partial charge in [0.1, 0.15) is 17.0 Å². The number of hydrogen-bond acceptors (Lipinski definition) is 4. The Kier molecular flexibility index (Phi) is 3.28. The summed E-state index contributed by atoms with van der Waals surface area (Å²) >= 11 is 5.88. The van der Waals surface area contributed by atoms with Crippen LogP contribution in [0.1, 0.15) is 0 Å². The predicted molar refractivity (Wildman–Crippen MR) is 85.4 cm³/mol. The highest BCUT2D eigenvalue weighted by Gasteiger charge is 2.19. The molecule has 112 valence electrons. The van der Waals surface area contributed by atoms with Crippen molar-refractivity contribution in [2.75, 3.05) is 0 Å². The molecule has 3 heterocycles. The van der Waals surface area contributed by atoms with Crippen LogP contribution in [-0.2, 0) is 0 Å². The van der Waals surface area contributed by atoms with Gasteiger partial charge in [-0.05, 0) is 47.5 Å². The van der Waals surface area contributed by atoms with E-state index in [1.165, 1.54) is 12.1 Å². The number of aromatic nitrogens is 3. The van der Waals surface area contributed by atoms with Gasteiger partial charge in [0.2, 0.25) is 5.28 Å². The molecule has 0 saturated carbocycles. The molecule has 0 fully saturated rings. The topological polar surface area (TPSA) is 51.8 Å². The fourth-order valence-electron chi connectivity index (χ4n) is 2.46. The molecule has 0 bridgehead atoms. The van der Waals surface area contributed by atoms with Crippen molar-refractivity contribution < 1.29 is 8.81 Å². The Hall–Kier alpha value is -2.79. The van der Waals surface area contributed by atoms with Gasteiger partial charge in [-0.1, -0.05) is 12.1 Å². The van der Waals surface area contributed by atoms with E-state index in [2.05, 4.69) is 15.0 Å². The maximum atomic E-state index is 13.2. The molecule has 1 aromatic carbocycles. The van der Waals surface area contributed by atoms with Crippen LogP contribution >= 0.6 is 11.6 Å². The minimum Gasteiger partial charge on any atom is -0.452 e. The molecule has 0 spiro atoms. The van der Waals surface area contributed by atoms with Crippen LogP contribution in [0.25, 0.3) is 33.7 Å². The lowest BCUT2D eigenvalue weighted by Crippen LogP contribution is -1.88. The lowest BCUT2D eigenvalue weighted by Gasteiger charge is -2.03. The van der Waals surface area contributed by atoms with Crippen molar-refractivity contribution in [1.82, 2.24) is 15.0 Å². The van der Waals surface area contributed by atoms with Crippen molar-refractivity contribution in [3.8, 4) is 22.6 Å². The van der Waals surface area contributed by atoms with Gasteiger partial charge in [0.05, 0.1) is 5.56 Å². The van der Waals surface area contributed by atoms with Gasteiger partial charge in [-0.3, -0.25) is 4.98 Å². The molecule has 6 heteroatoms. The molecule has 0 saturated heterocycles. The standard InChI is InChI=1S/C17H9ClFN3O/c18-17-21-9-7-12(22-17)16-14(10-3-5-11(19)6-4-10)15-13(23-16)2-1-8-20-15/h1-9H. The third-order valence-electron chi connectivity index (χ3n) is 3.44. The summed E-state index contributed by atoms with van der Waals surface area (Å²) in [6.07, 6.45) is 3.24. The summed E-state index contributed by atoms with van der Waals surface area (Å²) in [5.41, 5.74) is 3.38. The number of halogens is 2. The molecular formula is C17H9ClFN3O. The fraction of sp³-hybridized carbons (Fsp3) is 0. The second kappa shape index (κ2) is 5.44. The van der Waals surface area contributed by atoms with E-state index >= 15 is 0 Å². The molecule has 0 N–H and O–H groups in total. The zero-order valence-electron chi connectivity index (χ0n) is 11.7. The molecule has 4 nitrogen and oxygen atoms in total. The van der Waals surface area contributed by atoms with Crippen molar-refractivity contribution >= 4 is 22.7 Å². The van der Waals surface area contributed by atoms with E-state index in [4.69, 9.17) is 16.0 Å². The molecule has 0 amide bonds. The van der Waals surface area contributed by atoms with Crippen molar-refractivity contribution in [2.24, 2.45) is 0 Å². The highest BCUT2D eigenvalue weighted by Crippen LogP contribution is 2.39. The Morgan fingerprint density at radius 2 is 1.78 bits per heavy atom. The third kappa shape index (κ3) is 2.45. The first kappa shape index (κ1) is 13.8. The smallest absolute Gasteiger partial charge is 0.222 e. The Balaban J connectivity index is 2.04. The molecule has 0 aliphatic heterocycles. The summed E-state index contributed by atoms with van der Waals surface area (Å²) in [4.78, 5) is 12.5. The van der Waals surface area contributed by atoms with Gasteiger partial charge < -0.3 is 4.42 Å². The zero-order valence-corrected chi connectivity index (χ0v) is 12.5. The molecule has 0 radical (unpaired) electrons. The summed E-state index contributed by atoms with van der Waals surface area (Å²) in [6.45, 7) is 0. The maximum Gasteiger partial charge on any atom is 0.222 e. The molecular weight excluding hydrogens is 317 g/mol. The Bertz CT molecular complexity index is 998. The van der Waals surface area contributed by atoms with Crippen LogP contribution in [-0.4, -0.2) is 15.0 Å². The van der Waals surface area contributed by atoms with E-state index in [1.807, 2.05) is 6.07 Å². The molecule has 0 aliphatic carbocycles. The van der Waals surface area contributed by atoms with Gasteiger partial charge in [-0.15, -0.1) is 0 Å². The normalized spacial score (nSPS) is 11.0. The SMILES string of the molecule is Fc1ccc(-c2c(-c3ccnc(Cl)n3)oc3cccnc23)cc1. The Morgan fingerprint density at radius 1 is 0.957 bits per heavy atom. The number of nitrogens with zero attached hydrogens (tertiary/aromatic N) is 3. The van der Waals surface area contributed by atoms with E-state index in [-0.39, 0.29) is 11.1 Å². The van der Waals surface area contributed by atoms with Crippen LogP contribution in [0.15, 0.2) is 59.3 Å². The first-order chi connectivity index (χ1) is 11.2. The summed E-state index contributed by atoms with van der Waals surface area (Å²) in [5.74, 6) is 0.218. The molecule has 0 aliphatic rings. The van der Waals surface area contributed by atoms with E-state index in [0.29, 0.717) is 22.6 Å². The largest absolute Gasteiger partial charge is 0.452 e. The van der Waals surface area contributed by atoms with E-state index in [9.17, 15) is 4.39 Å². The summed E-state index contributed by atoms with van der Waals surface area (Å²) in [7, 11) is 0. The van der Waals surface area contributed by atoms with Crippen LogP contribution in [0, 0.1) is 5.82 Å². The first-order valence-corrected chi connectivity index (χ1v) is 7.22. The number of benzene rings is 1. The molecule has 4 rings (SSSR count). The average Bonchev–Trinajstić information content (AvgIpc) is 2.95. The van der Waals surface area contributed by atoms with Crippen LogP contribution in [0.2, 0.25) is 5.28 Å².